The lowest BCUT2D eigenvalue weighted by atomic mass is 10.2. The van der Waals surface area contributed by atoms with Crippen LogP contribution in [0.4, 0.5) is 5.82 Å². The van der Waals surface area contributed by atoms with Crippen molar-refractivity contribution in [3.8, 4) is 0 Å². The van der Waals surface area contributed by atoms with Crippen molar-refractivity contribution in [3.05, 3.63) is 51.4 Å². The molecule has 0 radical (unpaired) electrons. The van der Waals surface area contributed by atoms with Crippen LogP contribution in [-0.4, -0.2) is 16.2 Å². The third kappa shape index (κ3) is 3.66. The molecule has 0 aliphatic rings. The fourth-order valence-electron chi connectivity index (χ4n) is 1.13. The minimum absolute atomic E-state index is 0.0701. The molecule has 0 atom stereocenters. The Morgan fingerprint density at radius 2 is 1.71 bits per heavy atom. The van der Waals surface area contributed by atoms with Gasteiger partial charge in [0.25, 0.3) is 0 Å². The summed E-state index contributed by atoms with van der Waals surface area (Å²) >= 11 is 17.2. The molecule has 0 unspecified atom stereocenters. The van der Waals surface area contributed by atoms with Crippen molar-refractivity contribution < 1.29 is 0 Å². The maximum atomic E-state index is 5.77. The van der Waals surface area contributed by atoms with E-state index in [1.807, 2.05) is 12.1 Å². The number of nitrogens with zero attached hydrogens (tertiary/aromatic N) is 3. The molecule has 6 heteroatoms. The average Bonchev–Trinajstić information content (AvgIpc) is 2.27. The molecule has 3 nitrogen and oxygen atoms in total. The fraction of sp³-hybridized carbons (Fsp3) is 0. The van der Waals surface area contributed by atoms with Crippen LogP contribution in [0.2, 0.25) is 15.5 Å². The molecule has 1 aromatic heterocycles. The maximum Gasteiger partial charge on any atom is 0.225 e. The van der Waals surface area contributed by atoms with Crippen LogP contribution >= 0.6 is 34.8 Å². The van der Waals surface area contributed by atoms with E-state index in [4.69, 9.17) is 34.8 Å². The number of rotatable bonds is 2. The van der Waals surface area contributed by atoms with E-state index in [9.17, 15) is 0 Å². The van der Waals surface area contributed by atoms with Crippen molar-refractivity contribution in [3.63, 3.8) is 0 Å². The van der Waals surface area contributed by atoms with E-state index in [-0.39, 0.29) is 10.4 Å². The van der Waals surface area contributed by atoms with Crippen LogP contribution in [0.5, 0.6) is 0 Å². The number of benzene rings is 1. The summed E-state index contributed by atoms with van der Waals surface area (Å²) in [5, 5.41) is 1.00. The minimum Gasteiger partial charge on any atom is -0.236 e. The summed E-state index contributed by atoms with van der Waals surface area (Å²) in [4.78, 5) is 11.8. The van der Waals surface area contributed by atoms with Crippen molar-refractivity contribution in [2.24, 2.45) is 4.99 Å². The second-order valence-electron chi connectivity index (χ2n) is 3.13. The highest BCUT2D eigenvalue weighted by atomic mass is 35.5. The fourth-order valence-corrected chi connectivity index (χ4v) is 1.66. The summed E-state index contributed by atoms with van der Waals surface area (Å²) in [5.41, 5.74) is 0.903. The zero-order valence-electron chi connectivity index (χ0n) is 8.44. The molecule has 0 fully saturated rings. The molecule has 17 heavy (non-hydrogen) atoms. The Bertz CT molecular complexity index is 532. The summed E-state index contributed by atoms with van der Waals surface area (Å²) in [7, 11) is 0. The van der Waals surface area contributed by atoms with Crippen molar-refractivity contribution in [2.45, 2.75) is 0 Å². The lowest BCUT2D eigenvalue weighted by molar-refractivity contribution is 1.15. The van der Waals surface area contributed by atoms with Crippen molar-refractivity contribution in [2.75, 3.05) is 0 Å². The van der Waals surface area contributed by atoms with Gasteiger partial charge in [-0.15, -0.1) is 0 Å². The highest BCUT2D eigenvalue weighted by molar-refractivity contribution is 6.32. The van der Waals surface area contributed by atoms with Gasteiger partial charge in [0.1, 0.15) is 5.15 Å². The van der Waals surface area contributed by atoms with Crippen LogP contribution < -0.4 is 0 Å². The Balaban J connectivity index is 2.22. The first-order chi connectivity index (χ1) is 8.13. The van der Waals surface area contributed by atoms with Crippen LogP contribution in [0.15, 0.2) is 35.3 Å². The van der Waals surface area contributed by atoms with Gasteiger partial charge in [0.05, 0.1) is 0 Å². The first-order valence-electron chi connectivity index (χ1n) is 4.63. The predicted molar refractivity (Wildman–Crippen MR) is 70.8 cm³/mol. The van der Waals surface area contributed by atoms with Gasteiger partial charge in [0.15, 0.2) is 5.82 Å². The Labute approximate surface area is 113 Å². The van der Waals surface area contributed by atoms with Crippen molar-refractivity contribution in [1.82, 2.24) is 9.97 Å². The van der Waals surface area contributed by atoms with Gasteiger partial charge in [-0.05, 0) is 29.3 Å². The van der Waals surface area contributed by atoms with Crippen molar-refractivity contribution in [1.29, 1.82) is 0 Å². The maximum absolute atomic E-state index is 5.77. The third-order valence-corrected chi connectivity index (χ3v) is 2.48. The van der Waals surface area contributed by atoms with Crippen LogP contribution in [0.1, 0.15) is 5.56 Å². The molecule has 1 aromatic carbocycles. The Morgan fingerprint density at radius 3 is 2.35 bits per heavy atom. The standard InChI is InChI=1S/C11H6Cl3N3/c12-8-3-1-7(2-4-8)6-15-10-5-9(13)16-11(14)17-10/h1-6H. The third-order valence-electron chi connectivity index (χ3n) is 1.87. The van der Waals surface area contributed by atoms with E-state index >= 15 is 0 Å². The molecular formula is C11H6Cl3N3. The highest BCUT2D eigenvalue weighted by Crippen LogP contribution is 2.17. The number of aliphatic imine (C=N–C) groups is 1. The first kappa shape index (κ1) is 12.3. The summed E-state index contributed by atoms with van der Waals surface area (Å²) in [6.07, 6.45) is 1.64. The smallest absolute Gasteiger partial charge is 0.225 e. The lowest BCUT2D eigenvalue weighted by Gasteiger charge is -1.96. The van der Waals surface area contributed by atoms with E-state index in [1.165, 1.54) is 6.07 Å². The summed E-state index contributed by atoms with van der Waals surface area (Å²) in [6, 6.07) is 8.78. The molecule has 2 aromatic rings. The first-order valence-corrected chi connectivity index (χ1v) is 5.76. The van der Waals surface area contributed by atoms with Crippen LogP contribution in [0.3, 0.4) is 0 Å². The van der Waals surface area contributed by atoms with Gasteiger partial charge < -0.3 is 0 Å². The zero-order valence-corrected chi connectivity index (χ0v) is 10.7. The second-order valence-corrected chi connectivity index (χ2v) is 4.29. The molecule has 0 aliphatic carbocycles. The Morgan fingerprint density at radius 1 is 1.00 bits per heavy atom. The zero-order chi connectivity index (χ0) is 12.3. The van der Waals surface area contributed by atoms with Gasteiger partial charge in [-0.1, -0.05) is 35.3 Å². The molecule has 2 rings (SSSR count). The quantitative estimate of drug-likeness (QED) is 0.472. The molecule has 0 N–H and O–H groups in total. The Kier molecular flexibility index (Phi) is 3.94. The highest BCUT2D eigenvalue weighted by Gasteiger charge is 1.98. The van der Waals surface area contributed by atoms with Crippen LogP contribution in [0, 0.1) is 0 Å². The van der Waals surface area contributed by atoms with Crippen LogP contribution in [-0.2, 0) is 0 Å². The molecule has 0 aliphatic heterocycles. The summed E-state index contributed by atoms with van der Waals surface area (Å²) < 4.78 is 0. The molecule has 0 bridgehead atoms. The molecule has 86 valence electrons. The lowest BCUT2D eigenvalue weighted by Crippen LogP contribution is -1.84. The monoisotopic (exact) mass is 285 g/mol. The SMILES string of the molecule is Clc1ccc(C=Nc2cc(Cl)nc(Cl)n2)cc1. The topological polar surface area (TPSA) is 38.1 Å². The number of halogens is 3. The molecule has 0 amide bonds. The molecule has 0 saturated carbocycles. The van der Waals surface area contributed by atoms with Crippen LogP contribution in [0.25, 0.3) is 0 Å². The average molecular weight is 287 g/mol. The van der Waals surface area contributed by atoms with Gasteiger partial charge in [-0.25, -0.2) is 9.98 Å². The van der Waals surface area contributed by atoms with Gasteiger partial charge >= 0.3 is 0 Å². The number of hydrogen-bond donors (Lipinski definition) is 0. The normalized spacial score (nSPS) is 11.0. The molecule has 0 saturated heterocycles. The van der Waals surface area contributed by atoms with E-state index in [0.29, 0.717) is 10.8 Å². The van der Waals surface area contributed by atoms with Crippen molar-refractivity contribution >= 4 is 46.8 Å². The summed E-state index contributed by atoms with van der Waals surface area (Å²) in [5.74, 6) is 0.407. The van der Waals surface area contributed by atoms with E-state index in [0.717, 1.165) is 5.56 Å². The van der Waals surface area contributed by atoms with Gasteiger partial charge in [-0.3, -0.25) is 0 Å². The Hall–Kier alpha value is -1.16. The van der Waals surface area contributed by atoms with Gasteiger partial charge in [0.2, 0.25) is 5.28 Å². The van der Waals surface area contributed by atoms with Gasteiger partial charge in [-0.2, -0.15) is 4.98 Å². The predicted octanol–water partition coefficient (Wildman–Crippen LogP) is 4.19. The van der Waals surface area contributed by atoms with E-state index < -0.39 is 0 Å². The molecular weight excluding hydrogens is 281 g/mol. The van der Waals surface area contributed by atoms with E-state index in [2.05, 4.69) is 15.0 Å². The summed E-state index contributed by atoms with van der Waals surface area (Å²) in [6.45, 7) is 0. The number of hydrogen-bond acceptors (Lipinski definition) is 3. The second kappa shape index (κ2) is 5.45. The number of aromatic nitrogens is 2. The largest absolute Gasteiger partial charge is 0.236 e. The van der Waals surface area contributed by atoms with Gasteiger partial charge in [0, 0.05) is 17.3 Å². The molecule has 1 heterocycles. The minimum atomic E-state index is 0.0701. The van der Waals surface area contributed by atoms with E-state index in [1.54, 1.807) is 18.3 Å². The molecule has 0 spiro atoms.